The van der Waals surface area contributed by atoms with Gasteiger partial charge in [-0.2, -0.15) is 0 Å². The molecule has 2 atom stereocenters. The summed E-state index contributed by atoms with van der Waals surface area (Å²) in [6.45, 7) is 4.23. The van der Waals surface area contributed by atoms with Crippen molar-refractivity contribution in [3.63, 3.8) is 0 Å². The van der Waals surface area contributed by atoms with Gasteiger partial charge >= 0.3 is 0 Å². The van der Waals surface area contributed by atoms with Crippen LogP contribution >= 0.6 is 35.4 Å². The largest absolute Gasteiger partial charge is 0.351 e. The highest BCUT2D eigenvalue weighted by molar-refractivity contribution is 7.80. The summed E-state index contributed by atoms with van der Waals surface area (Å²) in [6.07, 6.45) is 3.82. The average Bonchev–Trinajstić information content (AvgIpc) is 3.40. The van der Waals surface area contributed by atoms with E-state index in [1.165, 1.54) is 11.1 Å². The Morgan fingerprint density at radius 1 is 0.939 bits per heavy atom. The van der Waals surface area contributed by atoms with E-state index in [-0.39, 0.29) is 12.1 Å². The van der Waals surface area contributed by atoms with E-state index in [1.807, 2.05) is 48.8 Å². The molecule has 1 fully saturated rings. The first kappa shape index (κ1) is 22.0. The van der Waals surface area contributed by atoms with E-state index < -0.39 is 0 Å². The van der Waals surface area contributed by atoms with E-state index in [0.717, 1.165) is 22.8 Å². The number of aromatic nitrogens is 2. The molecule has 0 spiro atoms. The van der Waals surface area contributed by atoms with Crippen LogP contribution in [0.5, 0.6) is 0 Å². The van der Waals surface area contributed by atoms with Gasteiger partial charge in [0.2, 0.25) is 0 Å². The van der Waals surface area contributed by atoms with E-state index in [4.69, 9.17) is 35.4 Å². The SMILES string of the molecule is Cc1ccc(N2C(=S)N[C@@H](c3ccccn3)[C@@H]2c2cccn2-c2ccc(Cl)cc2Cl)cc1C. The number of aryl methyl sites for hydroxylation is 2. The first-order valence-electron chi connectivity index (χ1n) is 10.6. The number of anilines is 1. The second-order valence-corrected chi connectivity index (χ2v) is 9.39. The second-order valence-electron chi connectivity index (χ2n) is 8.16. The van der Waals surface area contributed by atoms with Crippen LogP contribution in [-0.4, -0.2) is 14.7 Å². The Bertz CT molecular complexity index is 1340. The maximum Gasteiger partial charge on any atom is 0.174 e. The molecule has 0 unspecified atom stereocenters. The zero-order valence-corrected chi connectivity index (χ0v) is 20.5. The summed E-state index contributed by atoms with van der Waals surface area (Å²) in [7, 11) is 0. The maximum absolute atomic E-state index is 6.60. The lowest BCUT2D eigenvalue weighted by molar-refractivity contribution is 0.549. The van der Waals surface area contributed by atoms with Crippen LogP contribution in [0.25, 0.3) is 5.69 Å². The van der Waals surface area contributed by atoms with Gasteiger partial charge in [-0.1, -0.05) is 35.3 Å². The first-order valence-corrected chi connectivity index (χ1v) is 11.8. The fourth-order valence-electron chi connectivity index (χ4n) is 4.34. The monoisotopic (exact) mass is 492 g/mol. The van der Waals surface area contributed by atoms with Gasteiger partial charge in [0.05, 0.1) is 22.4 Å². The highest BCUT2D eigenvalue weighted by Gasteiger charge is 2.42. The molecule has 2 aromatic heterocycles. The molecule has 0 amide bonds. The Morgan fingerprint density at radius 3 is 2.52 bits per heavy atom. The Labute approximate surface area is 208 Å². The number of hydrogen-bond acceptors (Lipinski definition) is 2. The summed E-state index contributed by atoms with van der Waals surface area (Å²) in [5.74, 6) is 0. The number of rotatable bonds is 4. The van der Waals surface area contributed by atoms with Crippen molar-refractivity contribution in [3.05, 3.63) is 112 Å². The quantitative estimate of drug-likeness (QED) is 0.311. The van der Waals surface area contributed by atoms with Crippen molar-refractivity contribution in [2.45, 2.75) is 25.9 Å². The van der Waals surface area contributed by atoms with Crippen molar-refractivity contribution in [1.29, 1.82) is 0 Å². The second kappa shape index (κ2) is 8.82. The van der Waals surface area contributed by atoms with E-state index in [0.29, 0.717) is 15.2 Å². The average molecular weight is 493 g/mol. The molecule has 0 aliphatic carbocycles. The highest BCUT2D eigenvalue weighted by Crippen LogP contribution is 2.43. The van der Waals surface area contributed by atoms with Crippen molar-refractivity contribution >= 4 is 46.2 Å². The van der Waals surface area contributed by atoms with Crippen LogP contribution in [0.3, 0.4) is 0 Å². The van der Waals surface area contributed by atoms with Gasteiger partial charge in [0, 0.05) is 28.8 Å². The number of nitrogens with one attached hydrogen (secondary N) is 1. The molecule has 1 aliphatic heterocycles. The summed E-state index contributed by atoms with van der Waals surface area (Å²) >= 11 is 18.6. The number of hydrogen-bond donors (Lipinski definition) is 1. The van der Waals surface area contributed by atoms with Crippen molar-refractivity contribution in [2.75, 3.05) is 4.90 Å². The Kier molecular flexibility index (Phi) is 5.87. The number of benzene rings is 2. The van der Waals surface area contributed by atoms with Crippen molar-refractivity contribution < 1.29 is 0 Å². The summed E-state index contributed by atoms with van der Waals surface area (Å²) < 4.78 is 2.10. The minimum Gasteiger partial charge on any atom is -0.351 e. The lowest BCUT2D eigenvalue weighted by atomic mass is 10.00. The molecule has 7 heteroatoms. The molecule has 4 aromatic rings. The summed E-state index contributed by atoms with van der Waals surface area (Å²) in [4.78, 5) is 6.82. The molecule has 0 radical (unpaired) electrons. The van der Waals surface area contributed by atoms with Gasteiger partial charge in [0.25, 0.3) is 0 Å². The van der Waals surface area contributed by atoms with Crippen molar-refractivity contribution in [2.24, 2.45) is 0 Å². The van der Waals surface area contributed by atoms with E-state index in [1.54, 1.807) is 6.07 Å². The zero-order valence-electron chi connectivity index (χ0n) is 18.2. The van der Waals surface area contributed by atoms with Crippen LogP contribution in [0.15, 0.2) is 79.1 Å². The standard InChI is InChI=1S/C26H22Cl2N4S/c1-16-8-10-19(14-17(16)2)32-25(24(30-26(32)33)21-6-3-4-12-29-21)23-7-5-13-31(23)22-11-9-18(27)15-20(22)28/h3-15,24-25H,1-2H3,(H,30,33)/t24-,25-/m0/s1. The number of halogens is 2. The van der Waals surface area contributed by atoms with Gasteiger partial charge in [-0.3, -0.25) is 4.98 Å². The van der Waals surface area contributed by atoms with Crippen molar-refractivity contribution in [1.82, 2.24) is 14.9 Å². The van der Waals surface area contributed by atoms with Gasteiger partial charge in [-0.15, -0.1) is 0 Å². The molecule has 1 N–H and O–H groups in total. The van der Waals surface area contributed by atoms with Gasteiger partial charge in [0.15, 0.2) is 5.11 Å². The van der Waals surface area contributed by atoms with Crippen LogP contribution in [0.1, 0.15) is 34.6 Å². The summed E-state index contributed by atoms with van der Waals surface area (Å²) in [6, 6.07) is 21.8. The Hall–Kier alpha value is -2.86. The predicted octanol–water partition coefficient (Wildman–Crippen LogP) is 6.97. The molecule has 1 aliphatic rings. The molecule has 0 saturated carbocycles. The molecule has 166 valence electrons. The smallest absolute Gasteiger partial charge is 0.174 e. The van der Waals surface area contributed by atoms with Crippen LogP contribution in [0.4, 0.5) is 5.69 Å². The minimum atomic E-state index is -0.142. The molecular formula is C26H22Cl2N4S. The minimum absolute atomic E-state index is 0.139. The van der Waals surface area contributed by atoms with E-state index in [9.17, 15) is 0 Å². The van der Waals surface area contributed by atoms with Crippen LogP contribution < -0.4 is 10.2 Å². The summed E-state index contributed by atoms with van der Waals surface area (Å²) in [5.41, 5.74) is 6.32. The van der Waals surface area contributed by atoms with Crippen LogP contribution in [0, 0.1) is 13.8 Å². The van der Waals surface area contributed by atoms with Crippen molar-refractivity contribution in [3.8, 4) is 5.69 Å². The lowest BCUT2D eigenvalue weighted by Gasteiger charge is -2.29. The zero-order chi connectivity index (χ0) is 23.1. The summed E-state index contributed by atoms with van der Waals surface area (Å²) in [5, 5.41) is 5.37. The molecule has 5 rings (SSSR count). The van der Waals surface area contributed by atoms with E-state index in [2.05, 4.69) is 57.9 Å². The normalized spacial score (nSPS) is 17.9. The van der Waals surface area contributed by atoms with Gasteiger partial charge in [-0.25, -0.2) is 0 Å². The number of nitrogens with zero attached hydrogens (tertiary/aromatic N) is 3. The first-order chi connectivity index (χ1) is 15.9. The Balaban J connectivity index is 1.69. The maximum atomic E-state index is 6.60. The molecule has 3 heterocycles. The van der Waals surface area contributed by atoms with E-state index >= 15 is 0 Å². The molecule has 1 saturated heterocycles. The van der Waals surface area contributed by atoms with Gasteiger partial charge in [0.1, 0.15) is 6.04 Å². The fourth-order valence-corrected chi connectivity index (χ4v) is 5.19. The van der Waals surface area contributed by atoms with Crippen LogP contribution in [-0.2, 0) is 0 Å². The molecule has 4 nitrogen and oxygen atoms in total. The van der Waals surface area contributed by atoms with Gasteiger partial charge < -0.3 is 14.8 Å². The number of pyridine rings is 1. The third-order valence-corrected chi connectivity index (χ3v) is 6.97. The Morgan fingerprint density at radius 2 is 1.79 bits per heavy atom. The fraction of sp³-hybridized carbons (Fsp3) is 0.154. The topological polar surface area (TPSA) is 33.1 Å². The molecule has 2 aromatic carbocycles. The molecule has 33 heavy (non-hydrogen) atoms. The highest BCUT2D eigenvalue weighted by atomic mass is 35.5. The molecule has 0 bridgehead atoms. The number of thiocarbonyl (C=S) groups is 1. The van der Waals surface area contributed by atoms with Crippen LogP contribution in [0.2, 0.25) is 10.0 Å². The lowest BCUT2D eigenvalue weighted by Crippen LogP contribution is -2.30. The third-order valence-electron chi connectivity index (χ3n) is 6.12. The third kappa shape index (κ3) is 4.01. The molecular weight excluding hydrogens is 471 g/mol. The predicted molar refractivity (Wildman–Crippen MR) is 140 cm³/mol. The van der Waals surface area contributed by atoms with Gasteiger partial charge in [-0.05, 0) is 91.8 Å².